The van der Waals surface area contributed by atoms with Crippen molar-refractivity contribution in [1.82, 2.24) is 24.6 Å². The van der Waals surface area contributed by atoms with Crippen LogP contribution in [-0.2, 0) is 0 Å². The third-order valence-electron chi connectivity index (χ3n) is 4.07. The minimum Gasteiger partial charge on any atom is -0.393 e. The number of carbonyl (C=O) groups excluding carboxylic acids is 1. The molecule has 0 aliphatic carbocycles. The number of nitrogens with zero attached hydrogens (tertiary/aromatic N) is 5. The number of piperidine rings is 1. The van der Waals surface area contributed by atoms with Gasteiger partial charge < -0.3 is 10.0 Å². The molecule has 1 saturated heterocycles. The van der Waals surface area contributed by atoms with Crippen LogP contribution in [0.4, 0.5) is 0 Å². The summed E-state index contributed by atoms with van der Waals surface area (Å²) >= 11 is 0. The molecule has 0 bridgehead atoms. The predicted octanol–water partition coefficient (Wildman–Crippen LogP) is 0.895. The Labute approximate surface area is 128 Å². The van der Waals surface area contributed by atoms with Crippen molar-refractivity contribution in [1.29, 1.82) is 0 Å². The number of hydrogen-bond donors (Lipinski definition) is 1. The average Bonchev–Trinajstić information content (AvgIpc) is 3.09. The fourth-order valence-electron chi connectivity index (χ4n) is 2.77. The predicted molar refractivity (Wildman–Crippen MR) is 79.5 cm³/mol. The van der Waals surface area contributed by atoms with Crippen molar-refractivity contribution in [3.05, 3.63) is 36.5 Å². The second kappa shape index (κ2) is 6.23. The summed E-state index contributed by atoms with van der Waals surface area (Å²) < 4.78 is 1.52. The number of hydrogen-bond acceptors (Lipinski definition) is 5. The molecule has 116 valence electrons. The Morgan fingerprint density at radius 1 is 1.50 bits per heavy atom. The summed E-state index contributed by atoms with van der Waals surface area (Å²) in [7, 11) is 0. The lowest BCUT2D eigenvalue weighted by atomic mass is 9.93. The molecule has 7 nitrogen and oxygen atoms in total. The number of amides is 1. The lowest BCUT2D eigenvalue weighted by molar-refractivity contribution is 0.0466. The number of aliphatic hydroxyl groups is 1. The zero-order valence-electron chi connectivity index (χ0n) is 12.5. The fraction of sp³-hybridized carbons (Fsp3) is 0.467. The molecule has 1 fully saturated rings. The lowest BCUT2D eigenvalue weighted by Gasteiger charge is -2.34. The Balaban J connectivity index is 1.79. The highest BCUT2D eigenvalue weighted by molar-refractivity contribution is 5.94. The molecular formula is C15H19N5O2. The zero-order chi connectivity index (χ0) is 15.5. The second-order valence-electron chi connectivity index (χ2n) is 5.64. The Bertz CT molecular complexity index is 641. The first-order valence-electron chi connectivity index (χ1n) is 7.43. The van der Waals surface area contributed by atoms with Crippen LogP contribution < -0.4 is 0 Å². The van der Waals surface area contributed by atoms with E-state index in [9.17, 15) is 9.90 Å². The molecule has 2 atom stereocenters. The average molecular weight is 301 g/mol. The molecule has 7 heteroatoms. The normalized spacial score (nSPS) is 19.9. The van der Waals surface area contributed by atoms with Gasteiger partial charge in [-0.1, -0.05) is 0 Å². The van der Waals surface area contributed by atoms with Crippen molar-refractivity contribution < 1.29 is 9.90 Å². The summed E-state index contributed by atoms with van der Waals surface area (Å²) in [6.07, 6.45) is 6.05. The van der Waals surface area contributed by atoms with Crippen LogP contribution in [0, 0.1) is 5.92 Å². The van der Waals surface area contributed by atoms with Gasteiger partial charge in [0.2, 0.25) is 0 Å². The minimum absolute atomic E-state index is 0.0332. The van der Waals surface area contributed by atoms with E-state index in [4.69, 9.17) is 0 Å². The van der Waals surface area contributed by atoms with Gasteiger partial charge in [0.1, 0.15) is 12.7 Å². The van der Waals surface area contributed by atoms with Crippen LogP contribution in [0.5, 0.6) is 0 Å². The van der Waals surface area contributed by atoms with E-state index < -0.39 is 6.10 Å². The maximum Gasteiger partial charge on any atom is 0.254 e. The fourth-order valence-corrected chi connectivity index (χ4v) is 2.77. The SMILES string of the molecule is CC(O)C1CCCN(C(=O)c2ccnc(-n3cncn3)c2)C1. The number of pyridine rings is 1. The van der Waals surface area contributed by atoms with Crippen molar-refractivity contribution in [2.24, 2.45) is 5.92 Å². The minimum atomic E-state index is -0.390. The second-order valence-corrected chi connectivity index (χ2v) is 5.64. The molecule has 0 spiro atoms. The van der Waals surface area contributed by atoms with Gasteiger partial charge in [0, 0.05) is 30.8 Å². The van der Waals surface area contributed by atoms with Crippen molar-refractivity contribution in [3.8, 4) is 5.82 Å². The number of aliphatic hydroxyl groups excluding tert-OH is 1. The van der Waals surface area contributed by atoms with Gasteiger partial charge in [0.25, 0.3) is 5.91 Å². The molecule has 1 amide bonds. The third-order valence-corrected chi connectivity index (χ3v) is 4.07. The van der Waals surface area contributed by atoms with E-state index in [1.165, 1.54) is 11.0 Å². The van der Waals surface area contributed by atoms with E-state index in [-0.39, 0.29) is 11.8 Å². The molecule has 1 aliphatic heterocycles. The van der Waals surface area contributed by atoms with E-state index in [1.807, 2.05) is 0 Å². The number of carbonyl (C=O) groups is 1. The van der Waals surface area contributed by atoms with Gasteiger partial charge >= 0.3 is 0 Å². The molecule has 2 unspecified atom stereocenters. The molecule has 0 saturated carbocycles. The van der Waals surface area contributed by atoms with Crippen LogP contribution in [0.25, 0.3) is 5.82 Å². The van der Waals surface area contributed by atoms with Crippen molar-refractivity contribution >= 4 is 5.91 Å². The first kappa shape index (κ1) is 14.6. The third kappa shape index (κ3) is 2.99. The maximum atomic E-state index is 12.7. The van der Waals surface area contributed by atoms with Gasteiger partial charge in [-0.05, 0) is 31.9 Å². The van der Waals surface area contributed by atoms with Gasteiger partial charge in [0.15, 0.2) is 5.82 Å². The first-order chi connectivity index (χ1) is 10.6. The highest BCUT2D eigenvalue weighted by Gasteiger charge is 2.27. The largest absolute Gasteiger partial charge is 0.393 e. The van der Waals surface area contributed by atoms with Crippen molar-refractivity contribution in [3.63, 3.8) is 0 Å². The molecule has 1 aliphatic rings. The first-order valence-corrected chi connectivity index (χ1v) is 7.43. The van der Waals surface area contributed by atoms with Crippen LogP contribution in [-0.4, -0.2) is 54.9 Å². The molecule has 0 aromatic carbocycles. The van der Waals surface area contributed by atoms with E-state index in [1.54, 1.807) is 36.5 Å². The molecule has 3 rings (SSSR count). The summed E-state index contributed by atoms with van der Waals surface area (Å²) in [5.41, 5.74) is 0.576. The Kier molecular flexibility index (Phi) is 4.15. The van der Waals surface area contributed by atoms with Crippen LogP contribution >= 0.6 is 0 Å². The number of likely N-dealkylation sites (tertiary alicyclic amines) is 1. The van der Waals surface area contributed by atoms with Crippen molar-refractivity contribution in [2.75, 3.05) is 13.1 Å². The van der Waals surface area contributed by atoms with Crippen LogP contribution in [0.15, 0.2) is 31.0 Å². The molecule has 1 N–H and O–H groups in total. The Morgan fingerprint density at radius 2 is 2.36 bits per heavy atom. The topological polar surface area (TPSA) is 84.1 Å². The Morgan fingerprint density at radius 3 is 3.09 bits per heavy atom. The van der Waals surface area contributed by atoms with Crippen LogP contribution in [0.1, 0.15) is 30.1 Å². The molecule has 3 heterocycles. The van der Waals surface area contributed by atoms with Crippen LogP contribution in [0.2, 0.25) is 0 Å². The van der Waals surface area contributed by atoms with Gasteiger partial charge in [-0.3, -0.25) is 4.79 Å². The maximum absolute atomic E-state index is 12.7. The van der Waals surface area contributed by atoms with Gasteiger partial charge in [-0.25, -0.2) is 14.6 Å². The van der Waals surface area contributed by atoms with E-state index in [0.717, 1.165) is 19.4 Å². The standard InChI is InChI=1S/C15H19N5O2/c1-11(21)13-3-2-6-19(8-13)15(22)12-4-5-17-14(7-12)20-10-16-9-18-20/h4-5,7,9-11,13,21H,2-3,6,8H2,1H3. The molecule has 2 aromatic heterocycles. The molecular weight excluding hydrogens is 282 g/mol. The van der Waals surface area contributed by atoms with E-state index in [2.05, 4.69) is 15.1 Å². The summed E-state index contributed by atoms with van der Waals surface area (Å²) in [6.45, 7) is 3.11. The quantitative estimate of drug-likeness (QED) is 0.910. The summed E-state index contributed by atoms with van der Waals surface area (Å²) in [6, 6.07) is 3.41. The van der Waals surface area contributed by atoms with E-state index >= 15 is 0 Å². The highest BCUT2D eigenvalue weighted by Crippen LogP contribution is 2.21. The molecule has 2 aromatic rings. The monoisotopic (exact) mass is 301 g/mol. The van der Waals surface area contributed by atoms with Gasteiger partial charge in [-0.15, -0.1) is 0 Å². The highest BCUT2D eigenvalue weighted by atomic mass is 16.3. The molecule has 22 heavy (non-hydrogen) atoms. The molecule has 0 radical (unpaired) electrons. The summed E-state index contributed by atoms with van der Waals surface area (Å²) in [5, 5.41) is 13.8. The Hall–Kier alpha value is -2.28. The smallest absolute Gasteiger partial charge is 0.254 e. The summed E-state index contributed by atoms with van der Waals surface area (Å²) in [5.74, 6) is 0.677. The lowest BCUT2D eigenvalue weighted by Crippen LogP contribution is -2.43. The van der Waals surface area contributed by atoms with Crippen molar-refractivity contribution in [2.45, 2.75) is 25.9 Å². The van der Waals surface area contributed by atoms with Gasteiger partial charge in [0.05, 0.1) is 6.10 Å². The van der Waals surface area contributed by atoms with Gasteiger partial charge in [-0.2, -0.15) is 5.10 Å². The van der Waals surface area contributed by atoms with E-state index in [0.29, 0.717) is 17.9 Å². The number of aromatic nitrogens is 4. The number of rotatable bonds is 3. The zero-order valence-corrected chi connectivity index (χ0v) is 12.5. The van der Waals surface area contributed by atoms with Crippen LogP contribution in [0.3, 0.4) is 0 Å². The summed E-state index contributed by atoms with van der Waals surface area (Å²) in [4.78, 5) is 22.6.